The van der Waals surface area contributed by atoms with E-state index in [0.717, 1.165) is 36.8 Å². The molecule has 1 fully saturated rings. The lowest BCUT2D eigenvalue weighted by Crippen LogP contribution is -2.38. The summed E-state index contributed by atoms with van der Waals surface area (Å²) in [5.41, 5.74) is 8.27. The molecule has 2 aliphatic rings. The second kappa shape index (κ2) is 7.39. The highest BCUT2D eigenvalue weighted by atomic mass is 35.5. The van der Waals surface area contributed by atoms with E-state index in [1.54, 1.807) is 0 Å². The maximum atomic E-state index is 12.5. The molecule has 6 heteroatoms. The minimum absolute atomic E-state index is 0. The Morgan fingerprint density at radius 2 is 2.09 bits per heavy atom. The van der Waals surface area contributed by atoms with Gasteiger partial charge in [0.25, 0.3) is 0 Å². The number of hydrogen-bond donors (Lipinski definition) is 1. The van der Waals surface area contributed by atoms with Crippen LogP contribution in [0, 0.1) is 5.92 Å². The van der Waals surface area contributed by atoms with Gasteiger partial charge in [0.2, 0.25) is 5.91 Å². The van der Waals surface area contributed by atoms with Crippen LogP contribution in [0.2, 0.25) is 10.0 Å². The number of halogens is 3. The molecule has 22 heavy (non-hydrogen) atoms. The van der Waals surface area contributed by atoms with Crippen LogP contribution in [0.3, 0.4) is 0 Å². The van der Waals surface area contributed by atoms with E-state index in [2.05, 4.69) is 0 Å². The molecule has 3 rings (SSSR count). The van der Waals surface area contributed by atoms with Crippen molar-refractivity contribution >= 4 is 41.5 Å². The van der Waals surface area contributed by atoms with E-state index >= 15 is 0 Å². The summed E-state index contributed by atoms with van der Waals surface area (Å²) in [4.78, 5) is 14.4. The molecule has 0 radical (unpaired) electrons. The van der Waals surface area contributed by atoms with Gasteiger partial charge in [-0.25, -0.2) is 0 Å². The van der Waals surface area contributed by atoms with Gasteiger partial charge in [0, 0.05) is 25.6 Å². The summed E-state index contributed by atoms with van der Waals surface area (Å²) in [5.74, 6) is 0.571. The van der Waals surface area contributed by atoms with Gasteiger partial charge in [0.1, 0.15) is 0 Å². The van der Waals surface area contributed by atoms with Crippen molar-refractivity contribution in [3.8, 4) is 0 Å². The van der Waals surface area contributed by atoms with Crippen LogP contribution in [0.15, 0.2) is 12.1 Å². The molecule has 1 aromatic rings. The van der Waals surface area contributed by atoms with Crippen LogP contribution in [0.4, 0.5) is 0 Å². The van der Waals surface area contributed by atoms with Gasteiger partial charge in [0.15, 0.2) is 0 Å². The summed E-state index contributed by atoms with van der Waals surface area (Å²) in [6.07, 6.45) is 4.64. The van der Waals surface area contributed by atoms with Crippen LogP contribution in [0.1, 0.15) is 36.8 Å². The van der Waals surface area contributed by atoms with Crippen LogP contribution in [-0.2, 0) is 17.8 Å². The van der Waals surface area contributed by atoms with Crippen LogP contribution >= 0.6 is 35.6 Å². The van der Waals surface area contributed by atoms with Gasteiger partial charge in [-0.1, -0.05) is 35.7 Å². The predicted octanol–water partition coefficient (Wildman–Crippen LogP) is 3.82. The van der Waals surface area contributed by atoms with Crippen molar-refractivity contribution in [3.05, 3.63) is 33.3 Å². The Labute approximate surface area is 147 Å². The normalized spacial score (nSPS) is 23.9. The number of hydrogen-bond acceptors (Lipinski definition) is 2. The number of fused-ring (bicyclic) bond motifs is 1. The summed E-state index contributed by atoms with van der Waals surface area (Å²) in [5, 5.41) is 1.23. The summed E-state index contributed by atoms with van der Waals surface area (Å²) >= 11 is 12.3. The fourth-order valence-electron chi connectivity index (χ4n) is 3.47. The molecule has 1 aromatic carbocycles. The maximum absolute atomic E-state index is 12.5. The van der Waals surface area contributed by atoms with Crippen molar-refractivity contribution < 1.29 is 4.79 Å². The standard InChI is InChI=1S/C16H20Cl2N2O.ClH/c17-13-5-4-11-9-20(7-6-12(11)16(13)18)15(21)8-10-2-1-3-14(10)19;/h4-5,10,14H,1-3,6-9,19H2;1H/t10-,14+;/m0./s1. The number of carbonyl (C=O) groups excluding carboxylic acids is 1. The molecule has 0 aromatic heterocycles. The molecule has 122 valence electrons. The molecule has 0 saturated heterocycles. The van der Waals surface area contributed by atoms with E-state index in [4.69, 9.17) is 28.9 Å². The minimum atomic E-state index is 0. The SMILES string of the molecule is Cl.N[C@@H]1CCC[C@H]1CC(=O)N1CCc2c(ccc(Cl)c2Cl)C1. The van der Waals surface area contributed by atoms with Crippen LogP contribution in [-0.4, -0.2) is 23.4 Å². The fraction of sp³-hybridized carbons (Fsp3) is 0.562. The third-order valence-corrected chi connectivity index (χ3v) is 5.64. The number of amides is 1. The van der Waals surface area contributed by atoms with Gasteiger partial charge in [-0.05, 0) is 42.4 Å². The quantitative estimate of drug-likeness (QED) is 0.868. The molecule has 1 saturated carbocycles. The lowest BCUT2D eigenvalue weighted by atomic mass is 9.96. The van der Waals surface area contributed by atoms with E-state index < -0.39 is 0 Å². The summed E-state index contributed by atoms with van der Waals surface area (Å²) in [7, 11) is 0. The zero-order valence-corrected chi connectivity index (χ0v) is 14.7. The van der Waals surface area contributed by atoms with E-state index in [0.29, 0.717) is 35.5 Å². The topological polar surface area (TPSA) is 46.3 Å². The van der Waals surface area contributed by atoms with Crippen molar-refractivity contribution in [2.24, 2.45) is 11.7 Å². The smallest absolute Gasteiger partial charge is 0.223 e. The fourth-order valence-corrected chi connectivity index (χ4v) is 3.92. The zero-order chi connectivity index (χ0) is 15.0. The number of benzene rings is 1. The Kier molecular flexibility index (Phi) is 6.00. The second-order valence-corrected chi connectivity index (χ2v) is 6.91. The van der Waals surface area contributed by atoms with Gasteiger partial charge in [-0.3, -0.25) is 4.79 Å². The van der Waals surface area contributed by atoms with E-state index in [9.17, 15) is 4.79 Å². The van der Waals surface area contributed by atoms with Gasteiger partial charge in [0.05, 0.1) is 10.0 Å². The molecule has 0 unspecified atom stereocenters. The third kappa shape index (κ3) is 3.53. The van der Waals surface area contributed by atoms with Crippen LogP contribution in [0.25, 0.3) is 0 Å². The lowest BCUT2D eigenvalue weighted by Gasteiger charge is -2.31. The molecular formula is C16H21Cl3N2O. The largest absolute Gasteiger partial charge is 0.338 e. The van der Waals surface area contributed by atoms with Crippen molar-refractivity contribution in [2.75, 3.05) is 6.54 Å². The highest BCUT2D eigenvalue weighted by Gasteiger charge is 2.29. The Morgan fingerprint density at radius 3 is 2.77 bits per heavy atom. The number of nitrogens with two attached hydrogens (primary N) is 1. The first kappa shape index (κ1) is 17.9. The molecule has 1 aliphatic carbocycles. The van der Waals surface area contributed by atoms with Crippen molar-refractivity contribution in [1.29, 1.82) is 0 Å². The first-order chi connectivity index (χ1) is 10.1. The van der Waals surface area contributed by atoms with Crippen molar-refractivity contribution in [3.63, 3.8) is 0 Å². The predicted molar refractivity (Wildman–Crippen MR) is 92.8 cm³/mol. The van der Waals surface area contributed by atoms with Crippen molar-refractivity contribution in [1.82, 2.24) is 4.90 Å². The summed E-state index contributed by atoms with van der Waals surface area (Å²) in [6.45, 7) is 1.35. The Bertz CT molecular complexity index is 565. The molecule has 3 nitrogen and oxygen atoms in total. The van der Waals surface area contributed by atoms with Crippen LogP contribution < -0.4 is 5.73 Å². The average Bonchev–Trinajstić information content (AvgIpc) is 2.88. The first-order valence-corrected chi connectivity index (χ1v) is 8.31. The molecule has 0 bridgehead atoms. The van der Waals surface area contributed by atoms with Gasteiger partial charge in [-0.2, -0.15) is 0 Å². The molecule has 1 aliphatic heterocycles. The van der Waals surface area contributed by atoms with E-state index in [1.165, 1.54) is 0 Å². The Hall–Kier alpha value is -0.480. The minimum Gasteiger partial charge on any atom is -0.338 e. The molecular weight excluding hydrogens is 343 g/mol. The zero-order valence-electron chi connectivity index (χ0n) is 12.4. The van der Waals surface area contributed by atoms with E-state index in [-0.39, 0.29) is 24.4 Å². The Morgan fingerprint density at radius 1 is 1.32 bits per heavy atom. The molecule has 2 N–H and O–H groups in total. The number of carbonyl (C=O) groups is 1. The van der Waals surface area contributed by atoms with Gasteiger partial charge in [-0.15, -0.1) is 12.4 Å². The number of rotatable bonds is 2. The molecule has 0 spiro atoms. The molecule has 1 heterocycles. The van der Waals surface area contributed by atoms with Gasteiger partial charge < -0.3 is 10.6 Å². The molecule has 2 atom stereocenters. The highest BCUT2D eigenvalue weighted by Crippen LogP contribution is 2.33. The first-order valence-electron chi connectivity index (χ1n) is 7.55. The number of nitrogens with zero attached hydrogens (tertiary/aromatic N) is 1. The maximum Gasteiger partial charge on any atom is 0.223 e. The van der Waals surface area contributed by atoms with Crippen LogP contribution in [0.5, 0.6) is 0 Å². The highest BCUT2D eigenvalue weighted by molar-refractivity contribution is 6.42. The van der Waals surface area contributed by atoms with Crippen molar-refractivity contribution in [2.45, 2.75) is 44.7 Å². The Balaban J connectivity index is 0.00000176. The monoisotopic (exact) mass is 362 g/mol. The second-order valence-electron chi connectivity index (χ2n) is 6.12. The average molecular weight is 364 g/mol. The summed E-state index contributed by atoms with van der Waals surface area (Å²) in [6, 6.07) is 3.98. The third-order valence-electron chi connectivity index (χ3n) is 4.79. The summed E-state index contributed by atoms with van der Waals surface area (Å²) < 4.78 is 0. The molecule has 1 amide bonds. The van der Waals surface area contributed by atoms with E-state index in [1.807, 2.05) is 17.0 Å². The lowest BCUT2D eigenvalue weighted by molar-refractivity contribution is -0.133. The van der Waals surface area contributed by atoms with Gasteiger partial charge >= 0.3 is 0 Å².